The van der Waals surface area contributed by atoms with Gasteiger partial charge in [0.15, 0.2) is 0 Å². The second kappa shape index (κ2) is 10.8. The second-order valence-corrected chi connectivity index (χ2v) is 7.59. The lowest BCUT2D eigenvalue weighted by Gasteiger charge is -2.20. The maximum Gasteiger partial charge on any atom is 0.249 e. The van der Waals surface area contributed by atoms with E-state index in [1.54, 1.807) is 0 Å². The molecule has 2 rings (SSSR count). The van der Waals surface area contributed by atoms with E-state index in [-0.39, 0.29) is 23.8 Å². The van der Waals surface area contributed by atoms with Crippen molar-refractivity contribution in [3.8, 4) is 0 Å². The van der Waals surface area contributed by atoms with Crippen LogP contribution in [0.3, 0.4) is 0 Å². The number of nitrogens with one attached hydrogen (secondary N) is 3. The molecule has 1 saturated heterocycles. The molecule has 0 bridgehead atoms. The number of imide groups is 1. The Morgan fingerprint density at radius 1 is 1.19 bits per heavy atom. The normalized spacial score (nSPS) is 17.5. The van der Waals surface area contributed by atoms with Crippen LogP contribution in [0.2, 0.25) is 0 Å². The minimum atomic E-state index is -0.681. The third-order valence-electron chi connectivity index (χ3n) is 4.69. The first-order valence-electron chi connectivity index (χ1n) is 9.87. The number of hydrogen-bond donors (Lipinski definition) is 3. The average molecular weight is 373 g/mol. The van der Waals surface area contributed by atoms with Crippen molar-refractivity contribution in [1.29, 1.82) is 0 Å². The predicted octanol–water partition coefficient (Wildman–Crippen LogP) is 1.93. The van der Waals surface area contributed by atoms with E-state index in [9.17, 15) is 14.4 Å². The zero-order valence-corrected chi connectivity index (χ0v) is 16.3. The van der Waals surface area contributed by atoms with Crippen LogP contribution in [-0.2, 0) is 20.8 Å². The third kappa shape index (κ3) is 7.51. The number of amides is 3. The standard InChI is InChI=1S/C21H31N3O3/c1-15(2)14-18(21(27)24-20(26)17-11-7-13-22-17)23-19(25)12-6-10-16-8-4-3-5-9-16/h3-5,8-9,15,17-18,22H,6-7,10-14H2,1-2H3,(H,23,25)(H,24,26,27)/t17-,18-/m0/s1. The first-order valence-corrected chi connectivity index (χ1v) is 9.87. The van der Waals surface area contributed by atoms with Crippen LogP contribution in [0.4, 0.5) is 0 Å². The largest absolute Gasteiger partial charge is 0.344 e. The molecular weight excluding hydrogens is 342 g/mol. The third-order valence-corrected chi connectivity index (χ3v) is 4.69. The molecule has 148 valence electrons. The van der Waals surface area contributed by atoms with Gasteiger partial charge in [-0.1, -0.05) is 44.2 Å². The van der Waals surface area contributed by atoms with Crippen LogP contribution in [0.15, 0.2) is 30.3 Å². The molecule has 1 aliphatic rings. The summed E-state index contributed by atoms with van der Waals surface area (Å²) in [6.07, 6.45) is 4.06. The number of benzene rings is 1. The number of aryl methyl sites for hydroxylation is 1. The Kier molecular flexibility index (Phi) is 8.45. The van der Waals surface area contributed by atoms with E-state index in [0.29, 0.717) is 12.8 Å². The van der Waals surface area contributed by atoms with Crippen LogP contribution in [0.5, 0.6) is 0 Å². The number of carbonyl (C=O) groups is 3. The summed E-state index contributed by atoms with van der Waals surface area (Å²) >= 11 is 0. The summed E-state index contributed by atoms with van der Waals surface area (Å²) < 4.78 is 0. The van der Waals surface area contributed by atoms with Crippen LogP contribution in [-0.4, -0.2) is 36.3 Å². The van der Waals surface area contributed by atoms with Gasteiger partial charge in [0.05, 0.1) is 6.04 Å². The predicted molar refractivity (Wildman–Crippen MR) is 105 cm³/mol. The number of rotatable bonds is 9. The Balaban J connectivity index is 1.81. The number of hydrogen-bond acceptors (Lipinski definition) is 4. The van der Waals surface area contributed by atoms with Crippen molar-refractivity contribution in [2.45, 2.75) is 64.5 Å². The summed E-state index contributed by atoms with van der Waals surface area (Å²) in [5.74, 6) is -0.647. The maximum atomic E-state index is 12.5. The lowest BCUT2D eigenvalue weighted by molar-refractivity contribution is -0.135. The van der Waals surface area contributed by atoms with Crippen molar-refractivity contribution in [3.05, 3.63) is 35.9 Å². The Morgan fingerprint density at radius 3 is 2.56 bits per heavy atom. The van der Waals surface area contributed by atoms with Crippen LogP contribution >= 0.6 is 0 Å². The topological polar surface area (TPSA) is 87.3 Å². The average Bonchev–Trinajstić information content (AvgIpc) is 3.16. The smallest absolute Gasteiger partial charge is 0.249 e. The highest BCUT2D eigenvalue weighted by molar-refractivity contribution is 6.01. The summed E-state index contributed by atoms with van der Waals surface area (Å²) in [7, 11) is 0. The molecule has 6 heteroatoms. The molecule has 0 radical (unpaired) electrons. The van der Waals surface area contributed by atoms with Gasteiger partial charge in [-0.2, -0.15) is 0 Å². The quantitative estimate of drug-likeness (QED) is 0.617. The molecule has 2 atom stereocenters. The van der Waals surface area contributed by atoms with Crippen molar-refractivity contribution in [1.82, 2.24) is 16.0 Å². The van der Waals surface area contributed by atoms with E-state index in [1.165, 1.54) is 5.56 Å². The van der Waals surface area contributed by atoms with Gasteiger partial charge in [0.25, 0.3) is 0 Å². The fourth-order valence-corrected chi connectivity index (χ4v) is 3.27. The van der Waals surface area contributed by atoms with Crippen LogP contribution < -0.4 is 16.0 Å². The fraction of sp³-hybridized carbons (Fsp3) is 0.571. The van der Waals surface area contributed by atoms with Gasteiger partial charge in [-0.15, -0.1) is 0 Å². The van der Waals surface area contributed by atoms with E-state index >= 15 is 0 Å². The minimum Gasteiger partial charge on any atom is -0.344 e. The van der Waals surface area contributed by atoms with Crippen LogP contribution in [0.1, 0.15) is 51.5 Å². The fourth-order valence-electron chi connectivity index (χ4n) is 3.27. The van der Waals surface area contributed by atoms with E-state index in [1.807, 2.05) is 44.2 Å². The molecule has 1 heterocycles. The molecule has 0 aliphatic carbocycles. The van der Waals surface area contributed by atoms with Crippen molar-refractivity contribution in [3.63, 3.8) is 0 Å². The zero-order chi connectivity index (χ0) is 19.6. The Hall–Kier alpha value is -2.21. The lowest BCUT2D eigenvalue weighted by Crippen LogP contribution is -2.52. The molecule has 27 heavy (non-hydrogen) atoms. The molecule has 1 aromatic carbocycles. The molecule has 1 fully saturated rings. The first kappa shape index (κ1) is 21.1. The summed E-state index contributed by atoms with van der Waals surface area (Å²) in [6.45, 7) is 4.77. The van der Waals surface area contributed by atoms with Crippen LogP contribution in [0.25, 0.3) is 0 Å². The highest BCUT2D eigenvalue weighted by atomic mass is 16.2. The lowest BCUT2D eigenvalue weighted by atomic mass is 10.0. The van der Waals surface area contributed by atoms with Crippen molar-refractivity contribution >= 4 is 17.7 Å². The first-order chi connectivity index (χ1) is 13.0. The van der Waals surface area contributed by atoms with Crippen molar-refractivity contribution < 1.29 is 14.4 Å². The molecule has 3 amide bonds. The molecule has 0 saturated carbocycles. The van der Waals surface area contributed by atoms with Gasteiger partial charge >= 0.3 is 0 Å². The second-order valence-electron chi connectivity index (χ2n) is 7.59. The highest BCUT2D eigenvalue weighted by Gasteiger charge is 2.28. The van der Waals surface area contributed by atoms with Gasteiger partial charge in [0.2, 0.25) is 17.7 Å². The summed E-state index contributed by atoms with van der Waals surface area (Å²) in [6, 6.07) is 9.01. The summed E-state index contributed by atoms with van der Waals surface area (Å²) in [5.41, 5.74) is 1.19. The van der Waals surface area contributed by atoms with Gasteiger partial charge in [-0.25, -0.2) is 0 Å². The highest BCUT2D eigenvalue weighted by Crippen LogP contribution is 2.09. The summed E-state index contributed by atoms with van der Waals surface area (Å²) in [4.78, 5) is 36.9. The van der Waals surface area contributed by atoms with Crippen molar-refractivity contribution in [2.24, 2.45) is 5.92 Å². The van der Waals surface area contributed by atoms with Gasteiger partial charge in [-0.05, 0) is 50.1 Å². The minimum absolute atomic E-state index is 0.154. The Morgan fingerprint density at radius 2 is 1.93 bits per heavy atom. The van der Waals surface area contributed by atoms with Crippen LogP contribution in [0, 0.1) is 5.92 Å². The summed E-state index contributed by atoms with van der Waals surface area (Å²) in [5, 5.41) is 8.34. The Bertz CT molecular complexity index is 625. The van der Waals surface area contributed by atoms with Gasteiger partial charge in [0.1, 0.15) is 6.04 Å². The van der Waals surface area contributed by atoms with Crippen molar-refractivity contribution in [2.75, 3.05) is 6.54 Å². The number of carbonyl (C=O) groups excluding carboxylic acids is 3. The van der Waals surface area contributed by atoms with E-state index in [2.05, 4.69) is 16.0 Å². The van der Waals surface area contributed by atoms with Gasteiger partial charge in [-0.3, -0.25) is 19.7 Å². The van der Waals surface area contributed by atoms with Gasteiger partial charge in [0, 0.05) is 6.42 Å². The maximum absolute atomic E-state index is 12.5. The van der Waals surface area contributed by atoms with Gasteiger partial charge < -0.3 is 10.6 Å². The molecule has 1 aliphatic heterocycles. The SMILES string of the molecule is CC(C)C[C@H](NC(=O)CCCc1ccccc1)C(=O)NC(=O)[C@@H]1CCCN1. The molecule has 6 nitrogen and oxygen atoms in total. The molecule has 0 spiro atoms. The molecule has 3 N–H and O–H groups in total. The van der Waals surface area contributed by atoms with E-state index in [4.69, 9.17) is 0 Å². The molecule has 1 aromatic rings. The zero-order valence-electron chi connectivity index (χ0n) is 16.3. The molecular formula is C21H31N3O3. The Labute approximate surface area is 161 Å². The van der Waals surface area contributed by atoms with E-state index < -0.39 is 11.9 Å². The van der Waals surface area contributed by atoms with E-state index in [0.717, 1.165) is 32.2 Å². The molecule has 0 unspecified atom stereocenters. The molecule has 0 aromatic heterocycles. The monoisotopic (exact) mass is 373 g/mol.